The molecule has 0 aliphatic carbocycles. The van der Waals surface area contributed by atoms with Gasteiger partial charge in [-0.25, -0.2) is 0 Å². The largest absolute Gasteiger partial charge is 0.463 e. The van der Waals surface area contributed by atoms with Gasteiger partial charge >= 0.3 is 23.9 Å². The van der Waals surface area contributed by atoms with E-state index < -0.39 is 74.9 Å². The number of carbonyl (C=O) groups is 4. The fourth-order valence-corrected chi connectivity index (χ4v) is 2.96. The number of hydrogen-bond donors (Lipinski definition) is 0. The minimum Gasteiger partial charge on any atom is -0.463 e. The molecule has 1 fully saturated rings. The molecule has 11 heteroatoms. The number of hydrogen-bond acceptors (Lipinski definition) is 10. The molecular formula is C21H32NO10+. The molecule has 0 radical (unpaired) electrons. The van der Waals surface area contributed by atoms with E-state index in [4.69, 9.17) is 43.1 Å². The number of nitrogens with zero attached hydrogens (tertiary/aromatic N) is 1. The van der Waals surface area contributed by atoms with Gasteiger partial charge in [0.05, 0.1) is 20.7 Å². The van der Waals surface area contributed by atoms with Crippen molar-refractivity contribution in [2.75, 3.05) is 40.4 Å². The maximum Gasteiger partial charge on any atom is 0.303 e. The number of esters is 4. The minimum absolute atomic E-state index is 0.0893. The summed E-state index contributed by atoms with van der Waals surface area (Å²) in [6.07, 6.45) is -2.81. The number of quaternary nitrogens is 1. The van der Waals surface area contributed by atoms with Gasteiger partial charge < -0.3 is 32.9 Å². The Morgan fingerprint density at radius 3 is 2.12 bits per heavy atom. The van der Waals surface area contributed by atoms with Crippen LogP contribution >= 0.6 is 0 Å². The van der Waals surface area contributed by atoms with Gasteiger partial charge in [-0.15, -0.1) is 6.42 Å². The minimum atomic E-state index is -3.22. The Kier molecular flexibility index (Phi) is 7.29. The number of carbonyl (C=O) groups excluding carboxylic acids is 4. The molecule has 0 aromatic carbocycles. The predicted molar refractivity (Wildman–Crippen MR) is 109 cm³/mol. The second-order valence-electron chi connectivity index (χ2n) is 7.55. The van der Waals surface area contributed by atoms with Crippen LogP contribution in [-0.4, -0.2) is 99.5 Å². The predicted octanol–water partition coefficient (Wildman–Crippen LogP) is -0.204. The van der Waals surface area contributed by atoms with E-state index in [2.05, 4.69) is 5.92 Å². The SMILES string of the molecule is [2H]C([2H])([2H])C(=O)OC[C@H]1O[C@@H](OCC[N+](C)(C)CC#C)[C@H](OC(=O)C([2H])([2H])[2H])[C@@H](OC(C)=O)[C@@H]1OC(C)=O. The van der Waals surface area contributed by atoms with E-state index in [1.54, 1.807) is 14.1 Å². The Bertz CT molecular complexity index is 914. The van der Waals surface area contributed by atoms with Gasteiger partial charge in [0.2, 0.25) is 0 Å². The smallest absolute Gasteiger partial charge is 0.303 e. The number of terminal acetylenes is 1. The molecule has 1 aliphatic heterocycles. The molecule has 1 rings (SSSR count). The normalized spacial score (nSPS) is 28.8. The number of likely N-dealkylation sites (N-methyl/N-ethyl adjacent to an activating group) is 1. The van der Waals surface area contributed by atoms with Gasteiger partial charge in [-0.1, -0.05) is 0 Å². The van der Waals surface area contributed by atoms with Gasteiger partial charge in [0.1, 0.15) is 25.8 Å². The summed E-state index contributed by atoms with van der Waals surface area (Å²) in [4.78, 5) is 47.8. The van der Waals surface area contributed by atoms with E-state index in [0.717, 1.165) is 13.8 Å². The lowest BCUT2D eigenvalue weighted by atomic mass is 9.98. The van der Waals surface area contributed by atoms with Gasteiger partial charge in [-0.3, -0.25) is 19.2 Å². The highest BCUT2D eigenvalue weighted by molar-refractivity contribution is 5.68. The monoisotopic (exact) mass is 464 g/mol. The molecule has 0 amide bonds. The van der Waals surface area contributed by atoms with E-state index in [1.165, 1.54) is 0 Å². The van der Waals surface area contributed by atoms with Crippen molar-refractivity contribution in [1.29, 1.82) is 0 Å². The standard InChI is InChI=1S/C21H32NO10/c1-8-9-22(6,7)10-11-27-21-20(31-16(5)26)19(30-15(4)25)18(29-14(3)24)17(32-21)12-28-13(2)23/h1,17-21H,9-12H2,2-7H3/q+1/t17-,18-,19+,20-,21-/m1/s1/i2D3,5D3. The summed E-state index contributed by atoms with van der Waals surface area (Å²) in [6, 6.07) is 0. The Morgan fingerprint density at radius 2 is 1.56 bits per heavy atom. The van der Waals surface area contributed by atoms with Crippen LogP contribution in [0.15, 0.2) is 0 Å². The summed E-state index contributed by atoms with van der Waals surface area (Å²) >= 11 is 0. The van der Waals surface area contributed by atoms with Crippen LogP contribution in [0.2, 0.25) is 0 Å². The van der Waals surface area contributed by atoms with Crippen LogP contribution in [0.4, 0.5) is 0 Å². The average molecular weight is 465 g/mol. The van der Waals surface area contributed by atoms with Crippen molar-refractivity contribution in [2.45, 2.75) is 58.3 Å². The van der Waals surface area contributed by atoms with Gasteiger partial charge in [0.15, 0.2) is 24.6 Å². The van der Waals surface area contributed by atoms with Crippen LogP contribution in [0.1, 0.15) is 35.8 Å². The molecule has 11 nitrogen and oxygen atoms in total. The van der Waals surface area contributed by atoms with E-state index >= 15 is 0 Å². The summed E-state index contributed by atoms with van der Waals surface area (Å²) in [6.45, 7) is -4.62. The van der Waals surface area contributed by atoms with Crippen molar-refractivity contribution in [1.82, 2.24) is 0 Å². The summed E-state index contributed by atoms with van der Waals surface area (Å²) in [7, 11) is 3.60. The van der Waals surface area contributed by atoms with Crippen molar-refractivity contribution in [3.05, 3.63) is 0 Å². The van der Waals surface area contributed by atoms with Crippen molar-refractivity contribution in [2.24, 2.45) is 0 Å². The molecule has 1 aliphatic rings. The average Bonchev–Trinajstić information content (AvgIpc) is 2.73. The molecule has 0 aromatic rings. The van der Waals surface area contributed by atoms with Crippen LogP contribution in [0.3, 0.4) is 0 Å². The molecule has 0 bridgehead atoms. The van der Waals surface area contributed by atoms with Crippen LogP contribution in [0.25, 0.3) is 0 Å². The van der Waals surface area contributed by atoms with Crippen molar-refractivity contribution in [3.8, 4) is 12.3 Å². The first-order chi connectivity index (χ1) is 17.3. The van der Waals surface area contributed by atoms with E-state index in [-0.39, 0.29) is 6.61 Å². The Hall–Kier alpha value is -2.68. The van der Waals surface area contributed by atoms with Crippen LogP contribution in [-0.2, 0) is 47.6 Å². The summed E-state index contributed by atoms with van der Waals surface area (Å²) in [5.74, 6) is -2.63. The van der Waals surface area contributed by atoms with Gasteiger partial charge in [-0.05, 0) is 5.92 Å². The van der Waals surface area contributed by atoms with Gasteiger partial charge in [0, 0.05) is 35.8 Å². The zero-order valence-electron chi connectivity index (χ0n) is 24.3. The molecule has 1 saturated heterocycles. The summed E-state index contributed by atoms with van der Waals surface area (Å²) in [5.41, 5.74) is 0. The van der Waals surface area contributed by atoms with E-state index in [0.29, 0.717) is 17.6 Å². The Balaban J connectivity index is 3.42. The third kappa shape index (κ3) is 9.21. The first kappa shape index (κ1) is 18.8. The Morgan fingerprint density at radius 1 is 0.969 bits per heavy atom. The van der Waals surface area contributed by atoms with Crippen LogP contribution < -0.4 is 0 Å². The first-order valence-electron chi connectivity index (χ1n) is 12.5. The third-order valence-electron chi connectivity index (χ3n) is 4.32. The van der Waals surface area contributed by atoms with Crippen molar-refractivity contribution in [3.63, 3.8) is 0 Å². The van der Waals surface area contributed by atoms with E-state index in [1.807, 2.05) is 0 Å². The molecule has 5 atom stereocenters. The zero-order valence-corrected chi connectivity index (χ0v) is 18.3. The van der Waals surface area contributed by atoms with Gasteiger partial charge in [0.25, 0.3) is 0 Å². The highest BCUT2D eigenvalue weighted by Crippen LogP contribution is 2.30. The van der Waals surface area contributed by atoms with Crippen molar-refractivity contribution >= 4 is 23.9 Å². The van der Waals surface area contributed by atoms with Gasteiger partial charge in [-0.2, -0.15) is 0 Å². The second kappa shape index (κ2) is 12.4. The maximum absolute atomic E-state index is 12.3. The second-order valence-corrected chi connectivity index (χ2v) is 7.55. The van der Waals surface area contributed by atoms with Crippen LogP contribution in [0, 0.1) is 12.3 Å². The Labute approximate surface area is 196 Å². The number of rotatable bonds is 10. The molecular weight excluding hydrogens is 426 g/mol. The molecule has 32 heavy (non-hydrogen) atoms. The van der Waals surface area contributed by atoms with Crippen molar-refractivity contribution < 1.29 is 60.3 Å². The fraction of sp³-hybridized carbons (Fsp3) is 0.714. The molecule has 1 heterocycles. The quantitative estimate of drug-likeness (QED) is 0.186. The summed E-state index contributed by atoms with van der Waals surface area (Å²) in [5, 5.41) is 0. The highest BCUT2D eigenvalue weighted by Gasteiger charge is 2.52. The topological polar surface area (TPSA) is 124 Å². The number of ether oxygens (including phenoxy) is 6. The lowest BCUT2D eigenvalue weighted by molar-refractivity contribution is -0.883. The fourth-order valence-electron chi connectivity index (χ4n) is 2.96. The lowest BCUT2D eigenvalue weighted by Gasteiger charge is -2.44. The third-order valence-corrected chi connectivity index (χ3v) is 4.32. The lowest BCUT2D eigenvalue weighted by Crippen LogP contribution is -2.63. The molecule has 0 unspecified atom stereocenters. The summed E-state index contributed by atoms with van der Waals surface area (Å²) < 4.78 is 75.5. The zero-order chi connectivity index (χ0) is 29.5. The van der Waals surface area contributed by atoms with Crippen LogP contribution in [0.5, 0.6) is 0 Å². The molecule has 0 aromatic heterocycles. The molecule has 180 valence electrons. The molecule has 0 saturated carbocycles. The maximum atomic E-state index is 12.3. The molecule has 0 spiro atoms. The highest BCUT2D eigenvalue weighted by atomic mass is 16.7. The molecule has 0 N–H and O–H groups in total. The van der Waals surface area contributed by atoms with E-state index in [9.17, 15) is 19.2 Å². The first-order valence-corrected chi connectivity index (χ1v) is 9.54.